The molecule has 24 heavy (non-hydrogen) atoms. The Balaban J connectivity index is 1.56. The van der Waals surface area contributed by atoms with Gasteiger partial charge in [0.1, 0.15) is 5.01 Å². The van der Waals surface area contributed by atoms with Crippen molar-refractivity contribution in [1.29, 1.82) is 0 Å². The second kappa shape index (κ2) is 8.17. The lowest BCUT2D eigenvalue weighted by atomic mass is 10.2. The minimum absolute atomic E-state index is 0.0210. The number of rotatable bonds is 6. The molecule has 2 aromatic rings. The molecule has 1 aromatic carbocycles. The Kier molecular flexibility index (Phi) is 5.95. The van der Waals surface area contributed by atoms with Crippen LogP contribution in [0.25, 0.3) is 10.6 Å². The van der Waals surface area contributed by atoms with Gasteiger partial charge in [0.15, 0.2) is 0 Å². The number of nitrogens with zero attached hydrogens (tertiary/aromatic N) is 1. The van der Waals surface area contributed by atoms with Gasteiger partial charge in [0, 0.05) is 22.2 Å². The molecular weight excluding hydrogens is 336 g/mol. The Morgan fingerprint density at radius 2 is 2.04 bits per heavy atom. The molecule has 1 saturated carbocycles. The van der Waals surface area contributed by atoms with E-state index in [1.54, 1.807) is 23.1 Å². The number of benzene rings is 1. The number of aromatic nitrogens is 1. The number of carbonyl (C=O) groups excluding carboxylic acids is 1. The Morgan fingerprint density at radius 3 is 2.75 bits per heavy atom. The predicted molar refractivity (Wildman–Crippen MR) is 103 cm³/mol. The summed E-state index contributed by atoms with van der Waals surface area (Å²) in [6.07, 6.45) is 4.76. The van der Waals surface area contributed by atoms with E-state index in [0.717, 1.165) is 34.9 Å². The van der Waals surface area contributed by atoms with E-state index in [-0.39, 0.29) is 11.2 Å². The summed E-state index contributed by atoms with van der Waals surface area (Å²) < 4.78 is 0. The zero-order valence-electron chi connectivity index (χ0n) is 14.2. The lowest BCUT2D eigenvalue weighted by Crippen LogP contribution is -2.37. The third kappa shape index (κ3) is 4.39. The summed E-state index contributed by atoms with van der Waals surface area (Å²) in [5.74, 6) is 1.02. The van der Waals surface area contributed by atoms with Gasteiger partial charge in [-0.1, -0.05) is 43.2 Å². The zero-order valence-corrected chi connectivity index (χ0v) is 15.9. The van der Waals surface area contributed by atoms with Crippen LogP contribution in [0.4, 0.5) is 0 Å². The van der Waals surface area contributed by atoms with Crippen LogP contribution in [0.5, 0.6) is 0 Å². The second-order valence-electron chi connectivity index (χ2n) is 6.34. The summed E-state index contributed by atoms with van der Waals surface area (Å²) in [7, 11) is 0. The first-order valence-electron chi connectivity index (χ1n) is 8.57. The number of aryl methyl sites for hydroxylation is 1. The maximum atomic E-state index is 12.3. The smallest absolute Gasteiger partial charge is 0.233 e. The molecule has 3 nitrogen and oxygen atoms in total. The maximum absolute atomic E-state index is 12.3. The van der Waals surface area contributed by atoms with Crippen molar-refractivity contribution in [1.82, 2.24) is 10.3 Å². The quantitative estimate of drug-likeness (QED) is 0.804. The molecular formula is C19H24N2OS2. The lowest BCUT2D eigenvalue weighted by molar-refractivity contribution is -0.120. The average Bonchev–Trinajstić information content (AvgIpc) is 3.23. The van der Waals surface area contributed by atoms with Gasteiger partial charge in [0.2, 0.25) is 5.91 Å². The molecule has 1 N–H and O–H groups in total. The molecule has 0 saturated heterocycles. The molecule has 1 unspecified atom stereocenters. The largest absolute Gasteiger partial charge is 0.352 e. The van der Waals surface area contributed by atoms with Crippen LogP contribution < -0.4 is 5.32 Å². The van der Waals surface area contributed by atoms with Crippen molar-refractivity contribution in [3.8, 4) is 10.6 Å². The van der Waals surface area contributed by atoms with Gasteiger partial charge in [-0.25, -0.2) is 4.98 Å². The highest BCUT2D eigenvalue weighted by atomic mass is 32.2. The van der Waals surface area contributed by atoms with Gasteiger partial charge in [0.25, 0.3) is 0 Å². The average molecular weight is 361 g/mol. The fraction of sp³-hybridized carbons (Fsp3) is 0.474. The first kappa shape index (κ1) is 17.5. The van der Waals surface area contributed by atoms with Crippen LogP contribution in [0.1, 0.15) is 43.2 Å². The molecule has 128 valence electrons. The SMILES string of the molecule is Cc1nc(-c2ccccc2)sc1CSC(C)C(=O)NC1CCCC1. The summed E-state index contributed by atoms with van der Waals surface area (Å²) in [5.41, 5.74) is 2.24. The van der Waals surface area contributed by atoms with Gasteiger partial charge < -0.3 is 5.32 Å². The number of thioether (sulfide) groups is 1. The first-order chi connectivity index (χ1) is 11.6. The van der Waals surface area contributed by atoms with Gasteiger partial charge in [-0.15, -0.1) is 23.1 Å². The van der Waals surface area contributed by atoms with Gasteiger partial charge >= 0.3 is 0 Å². The van der Waals surface area contributed by atoms with Crippen LogP contribution >= 0.6 is 23.1 Å². The Bertz CT molecular complexity index is 678. The Hall–Kier alpha value is -1.33. The minimum atomic E-state index is -0.0210. The Labute approximate surface area is 152 Å². The second-order valence-corrected chi connectivity index (χ2v) is 8.75. The zero-order chi connectivity index (χ0) is 16.9. The summed E-state index contributed by atoms with van der Waals surface area (Å²) in [6, 6.07) is 10.7. The fourth-order valence-corrected chi connectivity index (χ4v) is 5.06. The van der Waals surface area contributed by atoms with Crippen molar-refractivity contribution < 1.29 is 4.79 Å². The number of amides is 1. The lowest BCUT2D eigenvalue weighted by Gasteiger charge is -2.16. The van der Waals surface area contributed by atoms with Crippen LogP contribution in [0.15, 0.2) is 30.3 Å². The van der Waals surface area contributed by atoms with E-state index in [1.165, 1.54) is 17.7 Å². The first-order valence-corrected chi connectivity index (χ1v) is 10.4. The predicted octanol–water partition coefficient (Wildman–Crippen LogP) is 4.80. The molecule has 1 aliphatic carbocycles. The van der Waals surface area contributed by atoms with Crippen LogP contribution in [0.2, 0.25) is 0 Å². The highest BCUT2D eigenvalue weighted by Crippen LogP contribution is 2.31. The van der Waals surface area contributed by atoms with Crippen LogP contribution in [0, 0.1) is 6.92 Å². The van der Waals surface area contributed by atoms with Crippen molar-refractivity contribution in [2.45, 2.75) is 56.6 Å². The van der Waals surface area contributed by atoms with Crippen molar-refractivity contribution in [2.75, 3.05) is 0 Å². The number of thiazole rings is 1. The van der Waals surface area contributed by atoms with E-state index in [0.29, 0.717) is 6.04 Å². The normalized spacial score (nSPS) is 16.2. The molecule has 1 amide bonds. The van der Waals surface area contributed by atoms with Gasteiger partial charge in [0.05, 0.1) is 10.9 Å². The molecule has 0 spiro atoms. The molecule has 1 aliphatic rings. The minimum Gasteiger partial charge on any atom is -0.352 e. The topological polar surface area (TPSA) is 42.0 Å². The van der Waals surface area contributed by atoms with Crippen molar-refractivity contribution in [2.24, 2.45) is 0 Å². The summed E-state index contributed by atoms with van der Waals surface area (Å²) in [5, 5.41) is 4.23. The number of hydrogen-bond acceptors (Lipinski definition) is 4. The third-order valence-corrected chi connectivity index (χ3v) is 7.01. The van der Waals surface area contributed by atoms with Crippen molar-refractivity contribution in [3.05, 3.63) is 40.9 Å². The van der Waals surface area contributed by atoms with Crippen molar-refractivity contribution in [3.63, 3.8) is 0 Å². The molecule has 0 bridgehead atoms. The Morgan fingerprint density at radius 1 is 1.33 bits per heavy atom. The van der Waals surface area contributed by atoms with E-state index in [1.807, 2.05) is 25.1 Å². The molecule has 3 rings (SSSR count). The summed E-state index contributed by atoms with van der Waals surface area (Å²) >= 11 is 3.44. The number of hydrogen-bond donors (Lipinski definition) is 1. The molecule has 0 radical (unpaired) electrons. The molecule has 0 aliphatic heterocycles. The monoisotopic (exact) mass is 360 g/mol. The number of carbonyl (C=O) groups is 1. The van der Waals surface area contributed by atoms with Crippen LogP contribution in [-0.4, -0.2) is 22.2 Å². The highest BCUT2D eigenvalue weighted by Gasteiger charge is 2.21. The summed E-state index contributed by atoms with van der Waals surface area (Å²) in [4.78, 5) is 18.2. The molecule has 1 fully saturated rings. The maximum Gasteiger partial charge on any atom is 0.233 e. The number of nitrogens with one attached hydrogen (secondary N) is 1. The van der Waals surface area contributed by atoms with E-state index < -0.39 is 0 Å². The standard InChI is InChI=1S/C19H24N2OS2/c1-13-17(24-19(20-13)15-8-4-3-5-9-15)12-23-14(2)18(22)21-16-10-6-7-11-16/h3-5,8-9,14,16H,6-7,10-12H2,1-2H3,(H,21,22). The van der Waals surface area contributed by atoms with E-state index >= 15 is 0 Å². The van der Waals surface area contributed by atoms with Crippen molar-refractivity contribution >= 4 is 29.0 Å². The van der Waals surface area contributed by atoms with E-state index in [4.69, 9.17) is 4.98 Å². The van der Waals surface area contributed by atoms with Gasteiger partial charge in [-0.3, -0.25) is 4.79 Å². The highest BCUT2D eigenvalue weighted by molar-refractivity contribution is 7.99. The molecule has 1 atom stereocenters. The van der Waals surface area contributed by atoms with E-state index in [2.05, 4.69) is 24.4 Å². The molecule has 1 heterocycles. The van der Waals surface area contributed by atoms with Gasteiger partial charge in [-0.05, 0) is 26.7 Å². The molecule has 1 aromatic heterocycles. The van der Waals surface area contributed by atoms with Crippen LogP contribution in [-0.2, 0) is 10.5 Å². The molecule has 5 heteroatoms. The van der Waals surface area contributed by atoms with E-state index in [9.17, 15) is 4.79 Å². The summed E-state index contributed by atoms with van der Waals surface area (Å²) in [6.45, 7) is 4.06. The van der Waals surface area contributed by atoms with Gasteiger partial charge in [-0.2, -0.15) is 0 Å². The van der Waals surface area contributed by atoms with Crippen LogP contribution in [0.3, 0.4) is 0 Å². The third-order valence-electron chi connectivity index (χ3n) is 4.45. The fourth-order valence-electron chi connectivity index (χ4n) is 2.93.